The number of nitrogens with zero attached hydrogens (tertiary/aromatic N) is 2. The Labute approximate surface area is 125 Å². The van der Waals surface area contributed by atoms with Gasteiger partial charge in [0.05, 0.1) is 24.2 Å². The summed E-state index contributed by atoms with van der Waals surface area (Å²) in [5.41, 5.74) is 0.982. The minimum absolute atomic E-state index is 0.368. The van der Waals surface area contributed by atoms with E-state index in [2.05, 4.69) is 36.0 Å². The van der Waals surface area contributed by atoms with Gasteiger partial charge in [0.25, 0.3) is 0 Å². The van der Waals surface area contributed by atoms with Crippen LogP contribution in [0.15, 0.2) is 5.38 Å². The summed E-state index contributed by atoms with van der Waals surface area (Å²) in [6, 6.07) is 0.899. The minimum Gasteiger partial charge on any atom is -0.383 e. The summed E-state index contributed by atoms with van der Waals surface area (Å²) in [5.74, 6) is 0.494. The highest BCUT2D eigenvalue weighted by molar-refractivity contribution is 7.09. The standard InChI is InChI=1S/C14H25ClN2OS/c1-5-11(3)17(7-8-18-4)13(6-2)14-16-12(9-15)10-19-14/h10-11,13H,5-9H2,1-4H3. The van der Waals surface area contributed by atoms with Crippen LogP contribution in [0, 0.1) is 0 Å². The van der Waals surface area contributed by atoms with E-state index in [0.29, 0.717) is 18.0 Å². The van der Waals surface area contributed by atoms with Gasteiger partial charge in [-0.3, -0.25) is 4.90 Å². The van der Waals surface area contributed by atoms with Gasteiger partial charge in [0.2, 0.25) is 0 Å². The summed E-state index contributed by atoms with van der Waals surface area (Å²) in [6.45, 7) is 8.42. The average molecular weight is 305 g/mol. The van der Waals surface area contributed by atoms with Gasteiger partial charge in [0.1, 0.15) is 5.01 Å². The second-order valence-electron chi connectivity index (χ2n) is 4.72. The van der Waals surface area contributed by atoms with E-state index < -0.39 is 0 Å². The van der Waals surface area contributed by atoms with E-state index in [1.54, 1.807) is 18.4 Å². The van der Waals surface area contributed by atoms with Crippen molar-refractivity contribution in [2.45, 2.75) is 51.6 Å². The van der Waals surface area contributed by atoms with Gasteiger partial charge in [-0.15, -0.1) is 22.9 Å². The zero-order chi connectivity index (χ0) is 14.3. The van der Waals surface area contributed by atoms with Gasteiger partial charge in [-0.05, 0) is 19.8 Å². The number of hydrogen-bond acceptors (Lipinski definition) is 4. The zero-order valence-corrected chi connectivity index (χ0v) is 13.9. The lowest BCUT2D eigenvalue weighted by Gasteiger charge is -2.34. The van der Waals surface area contributed by atoms with Crippen LogP contribution in [0.5, 0.6) is 0 Å². The highest BCUT2D eigenvalue weighted by atomic mass is 35.5. The van der Waals surface area contributed by atoms with E-state index in [-0.39, 0.29) is 0 Å². The third kappa shape index (κ3) is 4.71. The van der Waals surface area contributed by atoms with Crippen molar-refractivity contribution in [2.75, 3.05) is 20.3 Å². The number of ether oxygens (including phenoxy) is 1. The van der Waals surface area contributed by atoms with Crippen LogP contribution in [0.3, 0.4) is 0 Å². The van der Waals surface area contributed by atoms with Crippen LogP contribution in [0.4, 0.5) is 0 Å². The van der Waals surface area contributed by atoms with Crippen molar-refractivity contribution in [1.82, 2.24) is 9.88 Å². The van der Waals surface area contributed by atoms with Gasteiger partial charge in [0.15, 0.2) is 0 Å². The Kier molecular flexibility index (Phi) is 7.91. The van der Waals surface area contributed by atoms with Crippen molar-refractivity contribution in [3.8, 4) is 0 Å². The lowest BCUT2D eigenvalue weighted by molar-refractivity contribution is 0.0854. The SMILES string of the molecule is CCC(C)N(CCOC)C(CC)c1nc(CCl)cs1. The van der Waals surface area contributed by atoms with Gasteiger partial charge in [-0.1, -0.05) is 13.8 Å². The molecule has 2 atom stereocenters. The first-order valence-electron chi connectivity index (χ1n) is 6.92. The molecule has 0 aromatic carbocycles. The fourth-order valence-corrected chi connectivity index (χ4v) is 3.45. The highest BCUT2D eigenvalue weighted by Gasteiger charge is 2.24. The topological polar surface area (TPSA) is 25.4 Å². The molecule has 1 aromatic heterocycles. The molecule has 2 unspecified atom stereocenters. The van der Waals surface area contributed by atoms with Crippen LogP contribution in [0.2, 0.25) is 0 Å². The van der Waals surface area contributed by atoms with Crippen LogP contribution >= 0.6 is 22.9 Å². The zero-order valence-electron chi connectivity index (χ0n) is 12.4. The molecule has 0 amide bonds. The molecule has 0 N–H and O–H groups in total. The van der Waals surface area contributed by atoms with Gasteiger partial charge in [0, 0.05) is 25.1 Å². The van der Waals surface area contributed by atoms with Crippen molar-refractivity contribution >= 4 is 22.9 Å². The molecule has 0 fully saturated rings. The Morgan fingerprint density at radius 3 is 2.63 bits per heavy atom. The summed E-state index contributed by atoms with van der Waals surface area (Å²) < 4.78 is 5.24. The fraction of sp³-hybridized carbons (Fsp3) is 0.786. The average Bonchev–Trinajstić information content (AvgIpc) is 2.91. The van der Waals surface area contributed by atoms with E-state index in [4.69, 9.17) is 16.3 Å². The summed E-state index contributed by atoms with van der Waals surface area (Å²) in [7, 11) is 1.75. The molecular weight excluding hydrogens is 280 g/mol. The molecule has 1 heterocycles. The summed E-state index contributed by atoms with van der Waals surface area (Å²) >= 11 is 7.57. The van der Waals surface area contributed by atoms with E-state index >= 15 is 0 Å². The molecule has 5 heteroatoms. The van der Waals surface area contributed by atoms with Crippen molar-refractivity contribution in [3.63, 3.8) is 0 Å². The molecule has 0 aliphatic heterocycles. The molecule has 3 nitrogen and oxygen atoms in total. The first kappa shape index (κ1) is 16.9. The van der Waals surface area contributed by atoms with Crippen molar-refractivity contribution in [1.29, 1.82) is 0 Å². The van der Waals surface area contributed by atoms with Crippen molar-refractivity contribution in [2.24, 2.45) is 0 Å². The Hall–Kier alpha value is -0.160. The predicted molar refractivity (Wildman–Crippen MR) is 83.0 cm³/mol. The smallest absolute Gasteiger partial charge is 0.110 e. The number of thiazole rings is 1. The summed E-state index contributed by atoms with van der Waals surface area (Å²) in [4.78, 5) is 7.15. The van der Waals surface area contributed by atoms with Crippen LogP contribution in [0.25, 0.3) is 0 Å². The van der Waals surface area contributed by atoms with Crippen molar-refractivity contribution in [3.05, 3.63) is 16.1 Å². The molecule has 1 aromatic rings. The molecule has 0 aliphatic rings. The lowest BCUT2D eigenvalue weighted by atomic mass is 10.1. The number of alkyl halides is 1. The molecule has 0 spiro atoms. The van der Waals surface area contributed by atoms with Crippen LogP contribution in [-0.4, -0.2) is 36.2 Å². The monoisotopic (exact) mass is 304 g/mol. The number of halogens is 1. The minimum atomic E-state index is 0.368. The summed E-state index contributed by atoms with van der Waals surface area (Å²) in [5, 5.41) is 3.24. The Balaban J connectivity index is 2.87. The quantitative estimate of drug-likeness (QED) is 0.643. The first-order valence-corrected chi connectivity index (χ1v) is 8.34. The van der Waals surface area contributed by atoms with Crippen LogP contribution in [0.1, 0.15) is 50.4 Å². The second-order valence-corrected chi connectivity index (χ2v) is 5.88. The summed E-state index contributed by atoms with van der Waals surface area (Å²) in [6.07, 6.45) is 2.19. The van der Waals surface area contributed by atoms with Gasteiger partial charge in [-0.25, -0.2) is 4.98 Å². The highest BCUT2D eigenvalue weighted by Crippen LogP contribution is 2.29. The normalized spacial score (nSPS) is 14.8. The third-order valence-electron chi connectivity index (χ3n) is 3.49. The number of hydrogen-bond donors (Lipinski definition) is 0. The maximum absolute atomic E-state index is 5.85. The predicted octanol–water partition coefficient (Wildman–Crippen LogP) is 4.08. The van der Waals surface area contributed by atoms with Crippen molar-refractivity contribution < 1.29 is 4.74 Å². The number of aromatic nitrogens is 1. The Morgan fingerprint density at radius 1 is 1.42 bits per heavy atom. The van der Waals surface area contributed by atoms with E-state index in [1.165, 1.54) is 5.01 Å². The Bertz CT molecular complexity index is 359. The van der Waals surface area contributed by atoms with E-state index in [9.17, 15) is 0 Å². The molecule has 0 bridgehead atoms. The largest absolute Gasteiger partial charge is 0.383 e. The van der Waals surface area contributed by atoms with Gasteiger partial charge in [-0.2, -0.15) is 0 Å². The molecule has 19 heavy (non-hydrogen) atoms. The van der Waals surface area contributed by atoms with Gasteiger partial charge < -0.3 is 4.74 Å². The lowest BCUT2D eigenvalue weighted by Crippen LogP contribution is -2.38. The molecule has 110 valence electrons. The maximum Gasteiger partial charge on any atom is 0.110 e. The molecule has 0 saturated carbocycles. The number of methoxy groups -OCH3 is 1. The molecule has 0 radical (unpaired) electrons. The number of rotatable bonds is 9. The molecule has 1 rings (SSSR count). The second kappa shape index (κ2) is 8.90. The van der Waals surface area contributed by atoms with Gasteiger partial charge >= 0.3 is 0 Å². The van der Waals surface area contributed by atoms with E-state index in [1.807, 2.05) is 0 Å². The first-order chi connectivity index (χ1) is 9.17. The Morgan fingerprint density at radius 2 is 2.16 bits per heavy atom. The van der Waals surface area contributed by atoms with E-state index in [0.717, 1.165) is 31.7 Å². The molecular formula is C14H25ClN2OS. The van der Waals surface area contributed by atoms with Crippen LogP contribution in [-0.2, 0) is 10.6 Å². The molecule has 0 saturated heterocycles. The van der Waals surface area contributed by atoms with Crippen LogP contribution < -0.4 is 0 Å². The third-order valence-corrected chi connectivity index (χ3v) is 4.76. The molecule has 0 aliphatic carbocycles. The maximum atomic E-state index is 5.85. The fourth-order valence-electron chi connectivity index (χ4n) is 2.20.